The largest absolute Gasteiger partial charge is 0.494 e. The van der Waals surface area contributed by atoms with Gasteiger partial charge in [-0.1, -0.05) is 11.6 Å². The van der Waals surface area contributed by atoms with Gasteiger partial charge in [0.1, 0.15) is 11.5 Å². The van der Waals surface area contributed by atoms with E-state index in [-0.39, 0.29) is 5.91 Å². The molecule has 1 amide bonds. The van der Waals surface area contributed by atoms with E-state index < -0.39 is 0 Å². The third kappa shape index (κ3) is 5.30. The van der Waals surface area contributed by atoms with Crippen LogP contribution in [-0.4, -0.2) is 19.1 Å². The number of halogens is 1. The summed E-state index contributed by atoms with van der Waals surface area (Å²) in [4.78, 5) is 13.0. The van der Waals surface area contributed by atoms with Gasteiger partial charge in [0.2, 0.25) is 5.91 Å². The van der Waals surface area contributed by atoms with Crippen LogP contribution >= 0.6 is 22.9 Å². The Labute approximate surface area is 144 Å². The molecule has 0 fully saturated rings. The highest BCUT2D eigenvalue weighted by Crippen LogP contribution is 2.29. The molecule has 0 unspecified atom stereocenters. The van der Waals surface area contributed by atoms with Crippen molar-refractivity contribution in [2.75, 3.05) is 18.5 Å². The predicted octanol–water partition coefficient (Wildman–Crippen LogP) is 4.85. The molecule has 1 aromatic heterocycles. The topological polar surface area (TPSA) is 47.6 Å². The summed E-state index contributed by atoms with van der Waals surface area (Å²) < 4.78 is 11.7. The minimum atomic E-state index is -0.246. The molecule has 4 nitrogen and oxygen atoms in total. The average molecular weight is 352 g/mol. The van der Waals surface area contributed by atoms with Gasteiger partial charge >= 0.3 is 0 Å². The number of hydrogen-bond acceptors (Lipinski definition) is 4. The van der Waals surface area contributed by atoms with Crippen LogP contribution in [0, 0.1) is 0 Å². The van der Waals surface area contributed by atoms with Gasteiger partial charge in [-0.3, -0.25) is 4.79 Å². The van der Waals surface area contributed by atoms with E-state index in [0.29, 0.717) is 34.7 Å². The van der Waals surface area contributed by atoms with Gasteiger partial charge in [-0.2, -0.15) is 0 Å². The fourth-order valence-corrected chi connectivity index (χ4v) is 2.86. The molecule has 0 saturated carbocycles. The van der Waals surface area contributed by atoms with E-state index in [1.54, 1.807) is 24.3 Å². The molecule has 0 aliphatic rings. The van der Waals surface area contributed by atoms with Gasteiger partial charge in [-0.15, -0.1) is 11.3 Å². The summed E-state index contributed by atoms with van der Waals surface area (Å²) in [7, 11) is 0. The van der Waals surface area contributed by atoms with E-state index in [1.807, 2.05) is 26.0 Å². The lowest BCUT2D eigenvalue weighted by Gasteiger charge is -2.12. The molecule has 0 radical (unpaired) electrons. The van der Waals surface area contributed by atoms with Crippen LogP contribution < -0.4 is 14.8 Å². The highest BCUT2D eigenvalue weighted by atomic mass is 35.5. The molecule has 0 aliphatic carbocycles. The van der Waals surface area contributed by atoms with Gasteiger partial charge < -0.3 is 14.8 Å². The fourth-order valence-electron chi connectivity index (χ4n) is 1.89. The van der Waals surface area contributed by atoms with Crippen LogP contribution in [0.4, 0.5) is 5.69 Å². The number of hydrogen-bond donors (Lipinski definition) is 1. The molecule has 1 heterocycles. The maximum Gasteiger partial charge on any atom is 0.248 e. The fraction of sp³-hybridized carbons (Fsp3) is 0.235. The van der Waals surface area contributed by atoms with Crippen molar-refractivity contribution in [1.82, 2.24) is 0 Å². The van der Waals surface area contributed by atoms with E-state index in [1.165, 1.54) is 17.4 Å². The Morgan fingerprint density at radius 3 is 2.65 bits per heavy atom. The predicted molar refractivity (Wildman–Crippen MR) is 95.8 cm³/mol. The summed E-state index contributed by atoms with van der Waals surface area (Å²) in [5, 5.41) is 2.81. The van der Waals surface area contributed by atoms with Gasteiger partial charge in [-0.25, -0.2) is 0 Å². The van der Waals surface area contributed by atoms with Crippen molar-refractivity contribution < 1.29 is 14.3 Å². The lowest BCUT2D eigenvalue weighted by atomic mass is 10.2. The Balaban J connectivity index is 2.11. The second-order valence-electron chi connectivity index (χ2n) is 4.49. The number of rotatable bonds is 7. The zero-order chi connectivity index (χ0) is 16.7. The number of anilines is 1. The third-order valence-electron chi connectivity index (χ3n) is 2.81. The first-order valence-electron chi connectivity index (χ1n) is 7.26. The molecule has 2 rings (SSSR count). The van der Waals surface area contributed by atoms with Crippen LogP contribution in [0.2, 0.25) is 4.34 Å². The standard InChI is InChI=1S/C17H18ClNO3S/c1-3-21-12-5-8-15(22-4-2)14(11-12)19-17(20)10-7-13-6-9-16(18)23-13/h5-11H,3-4H2,1-2H3,(H,19,20)/b10-7+. The minimum absolute atomic E-state index is 0.246. The molecule has 0 atom stereocenters. The van der Waals surface area contributed by atoms with Crippen LogP contribution in [0.5, 0.6) is 11.5 Å². The first kappa shape index (κ1) is 17.4. The number of carbonyl (C=O) groups excluding carboxylic acids is 1. The molecule has 0 spiro atoms. The van der Waals surface area contributed by atoms with Gasteiger partial charge in [0, 0.05) is 17.0 Å². The molecule has 0 saturated heterocycles. The third-order valence-corrected chi connectivity index (χ3v) is 4.01. The number of carbonyl (C=O) groups is 1. The summed E-state index contributed by atoms with van der Waals surface area (Å²) in [5.41, 5.74) is 0.580. The first-order valence-corrected chi connectivity index (χ1v) is 8.46. The molecule has 0 bridgehead atoms. The Kier molecular flexibility index (Phi) is 6.50. The highest BCUT2D eigenvalue weighted by Gasteiger charge is 2.08. The number of benzene rings is 1. The van der Waals surface area contributed by atoms with E-state index in [4.69, 9.17) is 21.1 Å². The SMILES string of the molecule is CCOc1ccc(OCC)c(NC(=O)/C=C/c2ccc(Cl)s2)c1. The summed E-state index contributed by atoms with van der Waals surface area (Å²) in [5.74, 6) is 1.04. The molecule has 0 aliphatic heterocycles. The maximum absolute atomic E-state index is 12.1. The lowest BCUT2D eigenvalue weighted by Crippen LogP contribution is -2.09. The Hall–Kier alpha value is -1.98. The second kappa shape index (κ2) is 8.60. The van der Waals surface area contributed by atoms with E-state index >= 15 is 0 Å². The molecule has 6 heteroatoms. The van der Waals surface area contributed by atoms with E-state index in [0.717, 1.165) is 4.88 Å². The van der Waals surface area contributed by atoms with E-state index in [2.05, 4.69) is 5.32 Å². The number of amides is 1. The minimum Gasteiger partial charge on any atom is -0.494 e. The number of nitrogens with one attached hydrogen (secondary N) is 1. The normalized spacial score (nSPS) is 10.7. The van der Waals surface area contributed by atoms with Crippen LogP contribution in [-0.2, 0) is 4.79 Å². The first-order chi connectivity index (χ1) is 11.1. The highest BCUT2D eigenvalue weighted by molar-refractivity contribution is 7.17. The lowest BCUT2D eigenvalue weighted by molar-refractivity contribution is -0.111. The molecular formula is C17H18ClNO3S. The molecule has 23 heavy (non-hydrogen) atoms. The summed E-state index contributed by atoms with van der Waals surface area (Å²) in [6, 6.07) is 9.00. The summed E-state index contributed by atoms with van der Waals surface area (Å²) in [6.45, 7) is 4.87. The van der Waals surface area contributed by atoms with Gasteiger partial charge in [0.25, 0.3) is 0 Å². The van der Waals surface area contributed by atoms with Crippen molar-refractivity contribution in [3.8, 4) is 11.5 Å². The number of thiophene rings is 1. The number of ether oxygens (including phenoxy) is 2. The molecule has 122 valence electrons. The summed E-state index contributed by atoms with van der Waals surface area (Å²) in [6.07, 6.45) is 3.18. The van der Waals surface area contributed by atoms with Crippen LogP contribution in [0.15, 0.2) is 36.4 Å². The van der Waals surface area contributed by atoms with Gasteiger partial charge in [0.05, 0.1) is 23.2 Å². The Bertz CT molecular complexity index is 697. The zero-order valence-electron chi connectivity index (χ0n) is 13.0. The van der Waals surface area contributed by atoms with Crippen LogP contribution in [0.1, 0.15) is 18.7 Å². The van der Waals surface area contributed by atoms with Crippen molar-refractivity contribution in [1.29, 1.82) is 0 Å². The smallest absolute Gasteiger partial charge is 0.248 e. The molecular weight excluding hydrogens is 334 g/mol. The monoisotopic (exact) mass is 351 g/mol. The summed E-state index contributed by atoms with van der Waals surface area (Å²) >= 11 is 7.27. The van der Waals surface area contributed by atoms with Crippen molar-refractivity contribution in [3.63, 3.8) is 0 Å². The quantitative estimate of drug-likeness (QED) is 0.725. The van der Waals surface area contributed by atoms with Crippen molar-refractivity contribution in [2.45, 2.75) is 13.8 Å². The van der Waals surface area contributed by atoms with Crippen molar-refractivity contribution in [3.05, 3.63) is 45.6 Å². The molecule has 2 aromatic rings. The molecule has 1 aromatic carbocycles. The second-order valence-corrected chi connectivity index (χ2v) is 6.24. The Morgan fingerprint density at radius 2 is 2.00 bits per heavy atom. The van der Waals surface area contributed by atoms with Crippen molar-refractivity contribution in [2.24, 2.45) is 0 Å². The van der Waals surface area contributed by atoms with Crippen LogP contribution in [0.25, 0.3) is 6.08 Å². The van der Waals surface area contributed by atoms with Crippen molar-refractivity contribution >= 4 is 40.6 Å². The maximum atomic E-state index is 12.1. The van der Waals surface area contributed by atoms with Crippen LogP contribution in [0.3, 0.4) is 0 Å². The van der Waals surface area contributed by atoms with Gasteiger partial charge in [0.15, 0.2) is 0 Å². The molecule has 1 N–H and O–H groups in total. The Morgan fingerprint density at radius 1 is 1.22 bits per heavy atom. The van der Waals surface area contributed by atoms with E-state index in [9.17, 15) is 4.79 Å². The average Bonchev–Trinajstić information content (AvgIpc) is 2.94. The zero-order valence-corrected chi connectivity index (χ0v) is 14.5. The van der Waals surface area contributed by atoms with Gasteiger partial charge in [-0.05, 0) is 44.2 Å².